The number of aromatic nitrogens is 2. The van der Waals surface area contributed by atoms with Crippen LogP contribution in [0, 0.1) is 5.92 Å². The minimum absolute atomic E-state index is 0.0717. The van der Waals surface area contributed by atoms with Crippen molar-refractivity contribution in [3.8, 4) is 0 Å². The number of anilines is 1. The molecule has 1 aliphatic heterocycles. The van der Waals surface area contributed by atoms with Gasteiger partial charge in [-0.3, -0.25) is 0 Å². The number of carbonyl (C=O) groups excluding carboxylic acids is 1. The van der Waals surface area contributed by atoms with Crippen LogP contribution in [0.15, 0.2) is 12.3 Å². The third kappa shape index (κ3) is 3.40. The summed E-state index contributed by atoms with van der Waals surface area (Å²) in [6.45, 7) is 2.43. The van der Waals surface area contributed by atoms with Gasteiger partial charge in [0.05, 0.1) is 13.7 Å². The van der Waals surface area contributed by atoms with Crippen LogP contribution in [0.1, 0.15) is 23.5 Å². The van der Waals surface area contributed by atoms with Gasteiger partial charge in [-0.1, -0.05) is 0 Å². The van der Waals surface area contributed by atoms with E-state index in [-0.39, 0.29) is 5.82 Å². The Balaban J connectivity index is 1.90. The highest BCUT2D eigenvalue weighted by Gasteiger charge is 2.14. The van der Waals surface area contributed by atoms with Gasteiger partial charge < -0.3 is 14.8 Å². The molecule has 98 valence electrons. The Morgan fingerprint density at radius 3 is 3.28 bits per heavy atom. The standard InChI is InChI=1S/C12H17N3O3/c1-17-12(16)11-13-5-4-10(15-11)14-7-9-3-2-6-18-8-9/h4-5,9H,2-3,6-8H2,1H3,(H,13,14,15). The van der Waals surface area contributed by atoms with Gasteiger partial charge in [-0.05, 0) is 24.8 Å². The molecule has 0 radical (unpaired) electrons. The SMILES string of the molecule is COC(=O)c1nccc(NCC2CCCOC2)n1. The van der Waals surface area contributed by atoms with Gasteiger partial charge >= 0.3 is 5.97 Å². The highest BCUT2D eigenvalue weighted by atomic mass is 16.5. The molecule has 0 aromatic carbocycles. The second kappa shape index (κ2) is 6.30. The molecule has 1 atom stereocenters. The summed E-state index contributed by atoms with van der Waals surface area (Å²) >= 11 is 0. The summed E-state index contributed by atoms with van der Waals surface area (Å²) in [5.41, 5.74) is 0. The number of carbonyl (C=O) groups is 1. The van der Waals surface area contributed by atoms with Crippen LogP contribution in [0.4, 0.5) is 5.82 Å². The van der Waals surface area contributed by atoms with Crippen molar-refractivity contribution < 1.29 is 14.3 Å². The fourth-order valence-corrected chi connectivity index (χ4v) is 1.86. The average molecular weight is 251 g/mol. The van der Waals surface area contributed by atoms with Crippen LogP contribution in [0.3, 0.4) is 0 Å². The molecule has 0 aliphatic carbocycles. The largest absolute Gasteiger partial charge is 0.463 e. The summed E-state index contributed by atoms with van der Waals surface area (Å²) in [6, 6.07) is 1.73. The quantitative estimate of drug-likeness (QED) is 0.808. The first-order valence-corrected chi connectivity index (χ1v) is 6.02. The molecule has 0 spiro atoms. The van der Waals surface area contributed by atoms with Crippen LogP contribution < -0.4 is 5.32 Å². The number of nitrogens with one attached hydrogen (secondary N) is 1. The van der Waals surface area contributed by atoms with Crippen molar-refractivity contribution in [2.75, 3.05) is 32.2 Å². The Morgan fingerprint density at radius 1 is 1.67 bits per heavy atom. The van der Waals surface area contributed by atoms with Crippen LogP contribution in [0.25, 0.3) is 0 Å². The molecule has 1 aromatic rings. The van der Waals surface area contributed by atoms with Crippen LogP contribution in [0.5, 0.6) is 0 Å². The predicted molar refractivity (Wildman–Crippen MR) is 65.4 cm³/mol. The number of hydrogen-bond donors (Lipinski definition) is 1. The molecule has 0 bridgehead atoms. The molecule has 18 heavy (non-hydrogen) atoms. The second-order valence-electron chi connectivity index (χ2n) is 4.22. The highest BCUT2D eigenvalue weighted by Crippen LogP contribution is 2.14. The van der Waals surface area contributed by atoms with Gasteiger partial charge in [-0.25, -0.2) is 14.8 Å². The Morgan fingerprint density at radius 2 is 2.56 bits per heavy atom. The molecule has 2 rings (SSSR count). The van der Waals surface area contributed by atoms with E-state index in [4.69, 9.17) is 4.74 Å². The van der Waals surface area contributed by atoms with Crippen molar-refractivity contribution in [2.24, 2.45) is 5.92 Å². The summed E-state index contributed by atoms with van der Waals surface area (Å²) in [6.07, 6.45) is 3.80. The monoisotopic (exact) mass is 251 g/mol. The maximum absolute atomic E-state index is 11.3. The fourth-order valence-electron chi connectivity index (χ4n) is 1.86. The number of rotatable bonds is 4. The van der Waals surface area contributed by atoms with Gasteiger partial charge in [0, 0.05) is 19.3 Å². The average Bonchev–Trinajstić information content (AvgIpc) is 2.45. The van der Waals surface area contributed by atoms with E-state index in [2.05, 4.69) is 20.0 Å². The molecular formula is C12H17N3O3. The molecule has 1 fully saturated rings. The van der Waals surface area contributed by atoms with Crippen LogP contribution in [-0.4, -0.2) is 42.8 Å². The molecule has 0 saturated carbocycles. The summed E-state index contributed by atoms with van der Waals surface area (Å²) in [7, 11) is 1.31. The third-order valence-electron chi connectivity index (χ3n) is 2.85. The normalized spacial score (nSPS) is 19.3. The van der Waals surface area contributed by atoms with Crippen molar-refractivity contribution >= 4 is 11.8 Å². The number of nitrogens with zero attached hydrogens (tertiary/aromatic N) is 2. The number of hydrogen-bond acceptors (Lipinski definition) is 6. The molecule has 2 heterocycles. The predicted octanol–water partition coefficient (Wildman–Crippen LogP) is 1.10. The molecule has 6 nitrogen and oxygen atoms in total. The summed E-state index contributed by atoms with van der Waals surface area (Å²) in [5.74, 6) is 0.674. The van der Waals surface area contributed by atoms with Gasteiger partial charge in [0.2, 0.25) is 5.82 Å². The first-order valence-electron chi connectivity index (χ1n) is 6.02. The van der Waals surface area contributed by atoms with Gasteiger partial charge in [0.15, 0.2) is 0 Å². The van der Waals surface area contributed by atoms with Crippen LogP contribution in [0.2, 0.25) is 0 Å². The van der Waals surface area contributed by atoms with E-state index in [1.54, 1.807) is 12.3 Å². The molecular weight excluding hydrogens is 234 g/mol. The molecule has 1 unspecified atom stereocenters. The van der Waals surface area contributed by atoms with Crippen molar-refractivity contribution in [2.45, 2.75) is 12.8 Å². The lowest BCUT2D eigenvalue weighted by molar-refractivity contribution is 0.0584. The van der Waals surface area contributed by atoms with Crippen molar-refractivity contribution in [3.63, 3.8) is 0 Å². The first-order chi connectivity index (χ1) is 8.79. The van der Waals surface area contributed by atoms with Gasteiger partial charge in [-0.15, -0.1) is 0 Å². The van der Waals surface area contributed by atoms with E-state index in [1.807, 2.05) is 0 Å². The van der Waals surface area contributed by atoms with E-state index in [0.717, 1.165) is 32.6 Å². The van der Waals surface area contributed by atoms with E-state index < -0.39 is 5.97 Å². The van der Waals surface area contributed by atoms with E-state index in [1.165, 1.54) is 7.11 Å². The molecule has 1 N–H and O–H groups in total. The lowest BCUT2D eigenvalue weighted by Crippen LogP contribution is -2.24. The number of ether oxygens (including phenoxy) is 2. The Bertz CT molecular complexity index is 405. The lowest BCUT2D eigenvalue weighted by Gasteiger charge is -2.22. The minimum atomic E-state index is -0.528. The van der Waals surface area contributed by atoms with Crippen LogP contribution in [-0.2, 0) is 9.47 Å². The fraction of sp³-hybridized carbons (Fsp3) is 0.583. The third-order valence-corrected chi connectivity index (χ3v) is 2.85. The second-order valence-corrected chi connectivity index (χ2v) is 4.22. The van der Waals surface area contributed by atoms with Crippen LogP contribution >= 0.6 is 0 Å². The Kier molecular flexibility index (Phi) is 4.46. The Labute approximate surface area is 106 Å². The summed E-state index contributed by atoms with van der Waals surface area (Å²) < 4.78 is 9.98. The number of methoxy groups -OCH3 is 1. The van der Waals surface area contributed by atoms with Gasteiger partial charge in [0.1, 0.15) is 5.82 Å². The molecule has 0 amide bonds. The molecule has 6 heteroatoms. The van der Waals surface area contributed by atoms with E-state index in [9.17, 15) is 4.79 Å². The molecule has 1 saturated heterocycles. The Hall–Kier alpha value is -1.69. The maximum Gasteiger partial charge on any atom is 0.376 e. The van der Waals surface area contributed by atoms with Gasteiger partial charge in [-0.2, -0.15) is 0 Å². The van der Waals surface area contributed by atoms with Crippen molar-refractivity contribution in [1.82, 2.24) is 9.97 Å². The zero-order valence-corrected chi connectivity index (χ0v) is 10.4. The van der Waals surface area contributed by atoms with Crippen molar-refractivity contribution in [3.05, 3.63) is 18.1 Å². The number of esters is 1. The smallest absolute Gasteiger partial charge is 0.376 e. The summed E-state index contributed by atoms with van der Waals surface area (Å²) in [4.78, 5) is 19.2. The minimum Gasteiger partial charge on any atom is -0.463 e. The maximum atomic E-state index is 11.3. The zero-order chi connectivity index (χ0) is 12.8. The van der Waals surface area contributed by atoms with E-state index in [0.29, 0.717) is 11.7 Å². The zero-order valence-electron chi connectivity index (χ0n) is 10.4. The van der Waals surface area contributed by atoms with E-state index >= 15 is 0 Å². The first kappa shape index (κ1) is 12.8. The topological polar surface area (TPSA) is 73.3 Å². The van der Waals surface area contributed by atoms with Gasteiger partial charge in [0.25, 0.3) is 0 Å². The summed E-state index contributed by atoms with van der Waals surface area (Å²) in [5, 5.41) is 3.19. The lowest BCUT2D eigenvalue weighted by atomic mass is 10.0. The molecule has 1 aliphatic rings. The van der Waals surface area contributed by atoms with Crippen molar-refractivity contribution in [1.29, 1.82) is 0 Å². The highest BCUT2D eigenvalue weighted by molar-refractivity contribution is 5.85. The molecule has 1 aromatic heterocycles.